The lowest BCUT2D eigenvalue weighted by atomic mass is 9.94. The Morgan fingerprint density at radius 3 is 2.22 bits per heavy atom. The third kappa shape index (κ3) is 10.3. The Kier molecular flexibility index (Phi) is 13.0. The van der Waals surface area contributed by atoms with E-state index in [0.717, 1.165) is 18.6 Å². The Morgan fingerprint density at radius 1 is 1.11 bits per heavy atom. The highest BCUT2D eigenvalue weighted by molar-refractivity contribution is 5.85. The standard InChI is InChI=1S/C22H39NO3.ClH/c1-7-9-18(8-2)14-15-26-21(17(3)24)23-22(4,5)16-19-10-12-20(25-6)13-11-19;/h10-13,17-18,21,23-24H,7-9,14-16H2,1-6H3;1H. The molecule has 1 aromatic carbocycles. The minimum absolute atomic E-state index is 0. The third-order valence-corrected chi connectivity index (χ3v) is 4.87. The van der Waals surface area contributed by atoms with Gasteiger partial charge in [-0.1, -0.05) is 45.2 Å². The maximum Gasteiger partial charge on any atom is 0.134 e. The molecule has 0 amide bonds. The number of ether oxygens (including phenoxy) is 2. The number of aliphatic hydroxyl groups excluding tert-OH is 1. The summed E-state index contributed by atoms with van der Waals surface area (Å²) in [5, 5.41) is 13.6. The van der Waals surface area contributed by atoms with E-state index in [1.54, 1.807) is 14.0 Å². The van der Waals surface area contributed by atoms with Crippen molar-refractivity contribution in [3.63, 3.8) is 0 Å². The number of nitrogens with one attached hydrogen (secondary N) is 1. The molecule has 2 N–H and O–H groups in total. The zero-order valence-corrected chi connectivity index (χ0v) is 18.8. The van der Waals surface area contributed by atoms with Crippen LogP contribution in [-0.2, 0) is 11.2 Å². The third-order valence-electron chi connectivity index (χ3n) is 4.87. The fourth-order valence-corrected chi connectivity index (χ4v) is 3.31. The molecule has 0 fully saturated rings. The van der Waals surface area contributed by atoms with Gasteiger partial charge in [-0.3, -0.25) is 5.32 Å². The normalized spacial score (nSPS) is 14.9. The molecule has 0 saturated carbocycles. The molecule has 0 spiro atoms. The van der Waals surface area contributed by atoms with Gasteiger partial charge in [0.2, 0.25) is 0 Å². The molecule has 5 heteroatoms. The predicted molar refractivity (Wildman–Crippen MR) is 116 cm³/mol. The second kappa shape index (κ2) is 13.4. The number of benzene rings is 1. The maximum absolute atomic E-state index is 10.1. The minimum Gasteiger partial charge on any atom is -0.497 e. The van der Waals surface area contributed by atoms with E-state index in [2.05, 4.69) is 45.1 Å². The first-order valence-corrected chi connectivity index (χ1v) is 10.0. The fraction of sp³-hybridized carbons (Fsp3) is 0.727. The topological polar surface area (TPSA) is 50.7 Å². The Labute approximate surface area is 172 Å². The number of rotatable bonds is 13. The van der Waals surface area contributed by atoms with Gasteiger partial charge in [0, 0.05) is 12.1 Å². The SMILES string of the molecule is CCCC(CC)CCOC(NC(C)(C)Cc1ccc(OC)cc1)C(C)O.Cl. The summed E-state index contributed by atoms with van der Waals surface area (Å²) in [7, 11) is 1.68. The van der Waals surface area contributed by atoms with E-state index in [-0.39, 0.29) is 24.2 Å². The molecule has 0 radical (unpaired) electrons. The molecule has 3 unspecified atom stereocenters. The summed E-state index contributed by atoms with van der Waals surface area (Å²) in [6, 6.07) is 8.12. The van der Waals surface area contributed by atoms with Gasteiger partial charge in [-0.15, -0.1) is 12.4 Å². The van der Waals surface area contributed by atoms with Crippen LogP contribution in [0.1, 0.15) is 65.9 Å². The van der Waals surface area contributed by atoms with Crippen LogP contribution in [0.3, 0.4) is 0 Å². The first kappa shape index (κ1) is 26.2. The molecule has 1 rings (SSSR count). The van der Waals surface area contributed by atoms with Crippen LogP contribution in [0.2, 0.25) is 0 Å². The van der Waals surface area contributed by atoms with Crippen molar-refractivity contribution in [1.29, 1.82) is 0 Å². The molecule has 0 bridgehead atoms. The predicted octanol–water partition coefficient (Wildman–Crippen LogP) is 4.97. The molecule has 27 heavy (non-hydrogen) atoms. The van der Waals surface area contributed by atoms with Crippen molar-refractivity contribution in [3.05, 3.63) is 29.8 Å². The van der Waals surface area contributed by atoms with Gasteiger partial charge in [0.05, 0.1) is 13.2 Å². The van der Waals surface area contributed by atoms with E-state index in [9.17, 15) is 5.11 Å². The van der Waals surface area contributed by atoms with Crippen molar-refractivity contribution in [2.45, 2.75) is 84.6 Å². The Balaban J connectivity index is 0.00000676. The zero-order valence-electron chi connectivity index (χ0n) is 18.0. The van der Waals surface area contributed by atoms with Crippen LogP contribution in [0.4, 0.5) is 0 Å². The molecule has 0 heterocycles. The molecular formula is C22H40ClNO3. The molecule has 0 aliphatic rings. The largest absolute Gasteiger partial charge is 0.497 e. The number of methoxy groups -OCH3 is 1. The molecule has 3 atom stereocenters. The quantitative estimate of drug-likeness (QED) is 0.458. The zero-order chi connectivity index (χ0) is 19.6. The van der Waals surface area contributed by atoms with Gasteiger partial charge in [0.15, 0.2) is 0 Å². The summed E-state index contributed by atoms with van der Waals surface area (Å²) in [6.45, 7) is 11.2. The first-order chi connectivity index (χ1) is 12.3. The van der Waals surface area contributed by atoms with Crippen molar-refractivity contribution in [2.24, 2.45) is 5.92 Å². The van der Waals surface area contributed by atoms with E-state index in [4.69, 9.17) is 9.47 Å². The highest BCUT2D eigenvalue weighted by Crippen LogP contribution is 2.19. The smallest absolute Gasteiger partial charge is 0.134 e. The minimum atomic E-state index is -0.559. The molecule has 158 valence electrons. The lowest BCUT2D eigenvalue weighted by Crippen LogP contribution is -2.52. The summed E-state index contributed by atoms with van der Waals surface area (Å²) < 4.78 is 11.2. The van der Waals surface area contributed by atoms with Crippen LogP contribution in [-0.4, -0.2) is 36.7 Å². The van der Waals surface area contributed by atoms with Crippen LogP contribution in [0.15, 0.2) is 24.3 Å². The van der Waals surface area contributed by atoms with Crippen LogP contribution in [0.25, 0.3) is 0 Å². The van der Waals surface area contributed by atoms with E-state index in [1.165, 1.54) is 24.8 Å². The summed E-state index contributed by atoms with van der Waals surface area (Å²) >= 11 is 0. The molecule has 0 saturated heterocycles. The van der Waals surface area contributed by atoms with Gasteiger partial charge >= 0.3 is 0 Å². The first-order valence-electron chi connectivity index (χ1n) is 10.0. The second-order valence-electron chi connectivity index (χ2n) is 7.94. The number of hydrogen-bond acceptors (Lipinski definition) is 4. The molecular weight excluding hydrogens is 362 g/mol. The fourth-order valence-electron chi connectivity index (χ4n) is 3.31. The number of hydrogen-bond donors (Lipinski definition) is 2. The van der Waals surface area contributed by atoms with E-state index >= 15 is 0 Å². The van der Waals surface area contributed by atoms with Crippen LogP contribution >= 0.6 is 12.4 Å². The summed E-state index contributed by atoms with van der Waals surface area (Å²) in [6.07, 6.45) is 4.62. The van der Waals surface area contributed by atoms with Crippen LogP contribution < -0.4 is 10.1 Å². The lowest BCUT2D eigenvalue weighted by molar-refractivity contribution is -0.0654. The summed E-state index contributed by atoms with van der Waals surface area (Å²) in [5.74, 6) is 1.57. The molecule has 4 nitrogen and oxygen atoms in total. The van der Waals surface area contributed by atoms with Gasteiger partial charge < -0.3 is 14.6 Å². The Bertz CT molecular complexity index is 491. The van der Waals surface area contributed by atoms with Crippen LogP contribution in [0, 0.1) is 5.92 Å². The molecule has 1 aromatic rings. The van der Waals surface area contributed by atoms with Gasteiger partial charge in [-0.05, 0) is 57.2 Å². The van der Waals surface area contributed by atoms with Crippen molar-refractivity contribution < 1.29 is 14.6 Å². The average molecular weight is 402 g/mol. The number of halogens is 1. The van der Waals surface area contributed by atoms with Gasteiger partial charge in [-0.2, -0.15) is 0 Å². The van der Waals surface area contributed by atoms with Crippen LogP contribution in [0.5, 0.6) is 5.75 Å². The van der Waals surface area contributed by atoms with Crippen molar-refractivity contribution in [1.82, 2.24) is 5.32 Å². The Hall–Kier alpha value is -0.810. The summed E-state index contributed by atoms with van der Waals surface area (Å²) in [4.78, 5) is 0. The lowest BCUT2D eigenvalue weighted by Gasteiger charge is -2.34. The van der Waals surface area contributed by atoms with E-state index < -0.39 is 6.10 Å². The molecule has 0 aromatic heterocycles. The highest BCUT2D eigenvalue weighted by Gasteiger charge is 2.26. The Morgan fingerprint density at radius 2 is 1.74 bits per heavy atom. The van der Waals surface area contributed by atoms with E-state index in [0.29, 0.717) is 12.5 Å². The monoisotopic (exact) mass is 401 g/mol. The van der Waals surface area contributed by atoms with Gasteiger partial charge in [0.25, 0.3) is 0 Å². The van der Waals surface area contributed by atoms with Gasteiger partial charge in [-0.25, -0.2) is 0 Å². The van der Waals surface area contributed by atoms with Crippen molar-refractivity contribution in [3.8, 4) is 5.75 Å². The molecule has 0 aliphatic carbocycles. The highest BCUT2D eigenvalue weighted by atomic mass is 35.5. The van der Waals surface area contributed by atoms with E-state index in [1.807, 2.05) is 12.1 Å². The average Bonchev–Trinajstić information content (AvgIpc) is 2.60. The summed E-state index contributed by atoms with van der Waals surface area (Å²) in [5.41, 5.74) is 1.03. The maximum atomic E-state index is 10.1. The van der Waals surface area contributed by atoms with Gasteiger partial charge in [0.1, 0.15) is 12.0 Å². The van der Waals surface area contributed by atoms with Crippen molar-refractivity contribution >= 4 is 12.4 Å². The molecule has 0 aliphatic heterocycles. The second-order valence-corrected chi connectivity index (χ2v) is 7.94. The number of aliphatic hydroxyl groups is 1. The van der Waals surface area contributed by atoms with Crippen molar-refractivity contribution in [2.75, 3.05) is 13.7 Å².